The summed E-state index contributed by atoms with van der Waals surface area (Å²) in [5.74, 6) is -5.38. The van der Waals surface area contributed by atoms with E-state index in [-0.39, 0.29) is 42.3 Å². The third kappa shape index (κ3) is 8.98. The summed E-state index contributed by atoms with van der Waals surface area (Å²) in [4.78, 5) is 77.8. The number of amides is 5. The van der Waals surface area contributed by atoms with Crippen LogP contribution in [0.2, 0.25) is 0 Å². The first-order valence-electron chi connectivity index (χ1n) is 16.0. The number of carbonyl (C=O) groups is 6. The highest BCUT2D eigenvalue weighted by atomic mass is 19.3. The summed E-state index contributed by atoms with van der Waals surface area (Å²) >= 11 is 0. The average Bonchev–Trinajstić information content (AvgIpc) is 3.28. The molecule has 6 N–H and O–H groups in total. The van der Waals surface area contributed by atoms with Gasteiger partial charge in [0.15, 0.2) is 0 Å². The number of fused-ring (bicyclic) bond motifs is 1. The Morgan fingerprint density at radius 2 is 1.58 bits per heavy atom. The number of halogens is 2. The standard InChI is InChI=1S/C33H47F2N5O8/c1-16(2)23(30(46)47)38-31(48)39-25(32(3,4)5)28(43)40-15-19-22(33(19,6)7)24(40)27(42)37-20(14-21(34)35)26(41)36-13-12-17-8-10-18(11-9-17)29(44)45/h8-11,16,19-25H,12-15H2,1-7H3,(H,36,41)(H,37,42)(H,44,45)(H,46,47)(H2,38,39,48)/t19?,20?,22?,23-,24-,25+/m0/s1. The first kappa shape index (κ1) is 38.2. The molecule has 1 saturated carbocycles. The van der Waals surface area contributed by atoms with Crippen molar-refractivity contribution >= 4 is 35.7 Å². The predicted octanol–water partition coefficient (Wildman–Crippen LogP) is 2.49. The van der Waals surface area contributed by atoms with Crippen molar-refractivity contribution in [2.24, 2.45) is 28.6 Å². The first-order chi connectivity index (χ1) is 22.2. The smallest absolute Gasteiger partial charge is 0.335 e. The van der Waals surface area contributed by atoms with Gasteiger partial charge in [-0.25, -0.2) is 23.2 Å². The number of carboxylic acid groups (broad SMARTS) is 2. The van der Waals surface area contributed by atoms with Gasteiger partial charge in [0.1, 0.15) is 24.2 Å². The summed E-state index contributed by atoms with van der Waals surface area (Å²) < 4.78 is 27.2. The monoisotopic (exact) mass is 679 g/mol. The fourth-order valence-electron chi connectivity index (χ4n) is 6.39. The van der Waals surface area contributed by atoms with Gasteiger partial charge in [0.2, 0.25) is 24.1 Å². The van der Waals surface area contributed by atoms with E-state index in [0.717, 1.165) is 0 Å². The minimum Gasteiger partial charge on any atom is -0.480 e. The molecule has 1 saturated heterocycles. The van der Waals surface area contributed by atoms with Gasteiger partial charge in [-0.2, -0.15) is 0 Å². The normalized spacial score (nSPS) is 21.5. The molecule has 0 aromatic heterocycles. The van der Waals surface area contributed by atoms with E-state index in [1.54, 1.807) is 46.8 Å². The molecular weight excluding hydrogens is 632 g/mol. The molecule has 2 fully saturated rings. The third-order valence-electron chi connectivity index (χ3n) is 9.33. The number of aromatic carboxylic acids is 1. The molecule has 266 valence electrons. The van der Waals surface area contributed by atoms with Gasteiger partial charge < -0.3 is 36.4 Å². The average molecular weight is 680 g/mol. The van der Waals surface area contributed by atoms with Crippen molar-refractivity contribution in [3.05, 3.63) is 35.4 Å². The second-order valence-electron chi connectivity index (χ2n) is 14.6. The van der Waals surface area contributed by atoms with Gasteiger partial charge in [0.25, 0.3) is 0 Å². The van der Waals surface area contributed by atoms with E-state index in [9.17, 15) is 42.7 Å². The van der Waals surface area contributed by atoms with Crippen molar-refractivity contribution in [1.82, 2.24) is 26.2 Å². The maximum Gasteiger partial charge on any atom is 0.335 e. The van der Waals surface area contributed by atoms with Crippen LogP contribution in [0.15, 0.2) is 24.3 Å². The van der Waals surface area contributed by atoms with Gasteiger partial charge >= 0.3 is 18.0 Å². The van der Waals surface area contributed by atoms with Gasteiger partial charge in [-0.15, -0.1) is 0 Å². The predicted molar refractivity (Wildman–Crippen MR) is 170 cm³/mol. The molecule has 1 aliphatic heterocycles. The van der Waals surface area contributed by atoms with Gasteiger partial charge in [-0.1, -0.05) is 60.6 Å². The largest absolute Gasteiger partial charge is 0.480 e. The molecule has 13 nitrogen and oxygen atoms in total. The Morgan fingerprint density at radius 3 is 2.08 bits per heavy atom. The highest BCUT2D eigenvalue weighted by molar-refractivity contribution is 5.96. The molecule has 3 unspecified atom stereocenters. The number of carbonyl (C=O) groups excluding carboxylic acids is 4. The molecule has 3 rings (SSSR count). The van der Waals surface area contributed by atoms with Crippen molar-refractivity contribution < 1.29 is 47.8 Å². The molecule has 1 aliphatic carbocycles. The molecule has 1 heterocycles. The van der Waals surface area contributed by atoms with Crippen molar-refractivity contribution in [2.75, 3.05) is 13.1 Å². The van der Waals surface area contributed by atoms with E-state index in [1.807, 2.05) is 13.8 Å². The Morgan fingerprint density at radius 1 is 0.979 bits per heavy atom. The van der Waals surface area contributed by atoms with Crippen LogP contribution in [0.1, 0.15) is 70.8 Å². The van der Waals surface area contributed by atoms with Crippen molar-refractivity contribution in [1.29, 1.82) is 0 Å². The maximum atomic E-state index is 14.1. The number of aliphatic carboxylic acids is 1. The zero-order chi connectivity index (χ0) is 36.3. The molecule has 5 amide bonds. The van der Waals surface area contributed by atoms with Crippen LogP contribution in [-0.2, 0) is 25.6 Å². The van der Waals surface area contributed by atoms with Crippen LogP contribution in [0.4, 0.5) is 13.6 Å². The fourth-order valence-corrected chi connectivity index (χ4v) is 6.39. The number of piperidine rings is 1. The van der Waals surface area contributed by atoms with Crippen molar-refractivity contribution in [3.8, 4) is 0 Å². The van der Waals surface area contributed by atoms with E-state index in [2.05, 4.69) is 21.3 Å². The molecule has 15 heteroatoms. The lowest BCUT2D eigenvalue weighted by Gasteiger charge is -2.38. The quantitative estimate of drug-likeness (QED) is 0.173. The number of likely N-dealkylation sites (tertiary alicyclic amines) is 1. The van der Waals surface area contributed by atoms with E-state index in [0.29, 0.717) is 5.56 Å². The number of urea groups is 1. The van der Waals surface area contributed by atoms with Crippen LogP contribution in [0.5, 0.6) is 0 Å². The van der Waals surface area contributed by atoms with E-state index < -0.39 is 84.0 Å². The van der Waals surface area contributed by atoms with Gasteiger partial charge in [0, 0.05) is 19.5 Å². The minimum absolute atomic E-state index is 0.0349. The van der Waals surface area contributed by atoms with Crippen LogP contribution in [0, 0.1) is 28.6 Å². The lowest BCUT2D eigenvalue weighted by molar-refractivity contribution is -0.144. The molecule has 0 bridgehead atoms. The Hall–Kier alpha value is -4.30. The second-order valence-corrected chi connectivity index (χ2v) is 14.6. The van der Waals surface area contributed by atoms with E-state index in [1.165, 1.54) is 17.0 Å². The number of benzene rings is 1. The highest BCUT2D eigenvalue weighted by Gasteiger charge is 2.70. The number of rotatable bonds is 14. The van der Waals surface area contributed by atoms with Gasteiger partial charge in [-0.05, 0) is 52.7 Å². The Labute approximate surface area is 278 Å². The first-order valence-corrected chi connectivity index (χ1v) is 16.0. The lowest BCUT2D eigenvalue weighted by atomic mass is 9.85. The zero-order valence-electron chi connectivity index (χ0n) is 28.3. The summed E-state index contributed by atoms with van der Waals surface area (Å²) in [7, 11) is 0. The molecule has 0 spiro atoms. The molecule has 6 atom stereocenters. The molecular formula is C33H47F2N5O8. The maximum absolute atomic E-state index is 14.1. The van der Waals surface area contributed by atoms with Crippen molar-refractivity contribution in [3.63, 3.8) is 0 Å². The van der Waals surface area contributed by atoms with Crippen LogP contribution < -0.4 is 21.3 Å². The number of nitrogens with zero attached hydrogens (tertiary/aromatic N) is 1. The number of carboxylic acids is 2. The summed E-state index contributed by atoms with van der Waals surface area (Å²) in [6, 6.07) is -0.00383. The van der Waals surface area contributed by atoms with Gasteiger partial charge in [0.05, 0.1) is 5.56 Å². The summed E-state index contributed by atoms with van der Waals surface area (Å²) in [5.41, 5.74) is -0.423. The fraction of sp³-hybridized carbons (Fsp3) is 0.636. The highest BCUT2D eigenvalue weighted by Crippen LogP contribution is 2.65. The summed E-state index contributed by atoms with van der Waals surface area (Å²) in [5, 5.41) is 28.5. The zero-order valence-corrected chi connectivity index (χ0v) is 28.3. The van der Waals surface area contributed by atoms with E-state index >= 15 is 0 Å². The number of alkyl halides is 2. The molecule has 2 aliphatic rings. The SMILES string of the molecule is CC(C)[C@H](NC(=O)N[C@H](C(=O)N1CC2C([C@H]1C(=O)NC(CC(F)F)C(=O)NCCc1ccc(C(=O)O)cc1)C2(C)C)C(C)(C)C)C(=O)O. The lowest BCUT2D eigenvalue weighted by Crippen LogP contribution is -2.62. The summed E-state index contributed by atoms with van der Waals surface area (Å²) in [6.07, 6.45) is -3.61. The Balaban J connectivity index is 1.76. The minimum atomic E-state index is -2.93. The van der Waals surface area contributed by atoms with Crippen molar-refractivity contribution in [2.45, 2.75) is 91.9 Å². The molecule has 1 aromatic rings. The Kier molecular flexibility index (Phi) is 11.8. The number of nitrogens with one attached hydrogen (secondary N) is 4. The topological polar surface area (TPSA) is 194 Å². The van der Waals surface area contributed by atoms with Crippen LogP contribution in [0.3, 0.4) is 0 Å². The number of hydrogen-bond donors (Lipinski definition) is 6. The van der Waals surface area contributed by atoms with E-state index in [4.69, 9.17) is 5.11 Å². The van der Waals surface area contributed by atoms with Gasteiger partial charge in [-0.3, -0.25) is 14.4 Å². The second kappa shape index (κ2) is 14.9. The molecule has 48 heavy (non-hydrogen) atoms. The molecule has 0 radical (unpaired) electrons. The third-order valence-corrected chi connectivity index (χ3v) is 9.33. The van der Waals surface area contributed by atoms with Crippen LogP contribution in [0.25, 0.3) is 0 Å². The summed E-state index contributed by atoms with van der Waals surface area (Å²) in [6.45, 7) is 12.4. The Bertz CT molecular complexity index is 1400. The number of hydrogen-bond acceptors (Lipinski definition) is 6. The van der Waals surface area contributed by atoms with Crippen LogP contribution >= 0.6 is 0 Å². The molecule has 1 aromatic carbocycles. The van der Waals surface area contributed by atoms with Crippen LogP contribution in [-0.4, -0.2) is 94.5 Å².